The first-order chi connectivity index (χ1) is 19.4. The molecular weight excluding hydrogens is 548 g/mol. The van der Waals surface area contributed by atoms with Gasteiger partial charge in [-0.2, -0.15) is 0 Å². The molecule has 4 unspecified atom stereocenters. The van der Waals surface area contributed by atoms with Crippen LogP contribution in [0.4, 0.5) is 0 Å². The number of phenols is 3. The van der Waals surface area contributed by atoms with E-state index in [0.29, 0.717) is 5.56 Å². The highest BCUT2D eigenvalue weighted by atomic mass is 16.7. The summed E-state index contributed by atoms with van der Waals surface area (Å²) in [6.45, 7) is 0.884. The van der Waals surface area contributed by atoms with Gasteiger partial charge in [0.15, 0.2) is 17.3 Å². The minimum atomic E-state index is -1.86. The molecule has 2 aliphatic heterocycles. The lowest BCUT2D eigenvalue weighted by Gasteiger charge is -2.42. The summed E-state index contributed by atoms with van der Waals surface area (Å²) in [5, 5.41) is 92.7. The number of benzene rings is 2. The maximum absolute atomic E-state index is 13.0. The number of aliphatic hydroxyl groups excluding tert-OH is 6. The number of rotatable bonds is 5. The van der Waals surface area contributed by atoms with E-state index >= 15 is 0 Å². The van der Waals surface area contributed by atoms with Crippen molar-refractivity contribution in [2.45, 2.75) is 68.1 Å². The molecule has 0 amide bonds. The smallest absolute Gasteiger partial charge is 0.197 e. The summed E-state index contributed by atoms with van der Waals surface area (Å²) in [6.07, 6.45) is -15.5. The van der Waals surface area contributed by atoms with Gasteiger partial charge < -0.3 is 64.6 Å². The molecule has 2 fully saturated rings. The number of aliphatic hydroxyl groups is 6. The molecule has 2 aliphatic rings. The van der Waals surface area contributed by atoms with Gasteiger partial charge in [-0.15, -0.1) is 0 Å². The Morgan fingerprint density at radius 2 is 1.44 bits per heavy atom. The van der Waals surface area contributed by atoms with Crippen molar-refractivity contribution in [1.29, 1.82) is 0 Å². The van der Waals surface area contributed by atoms with Gasteiger partial charge in [-0.1, -0.05) is 0 Å². The zero-order valence-electron chi connectivity index (χ0n) is 21.5. The Bertz CT molecular complexity index is 1460. The van der Waals surface area contributed by atoms with Crippen molar-refractivity contribution in [3.05, 3.63) is 52.2 Å². The molecule has 0 saturated carbocycles. The van der Waals surface area contributed by atoms with Crippen LogP contribution in [0.1, 0.15) is 18.6 Å². The van der Waals surface area contributed by atoms with Crippen molar-refractivity contribution >= 4 is 11.0 Å². The maximum atomic E-state index is 13.0. The Morgan fingerprint density at radius 3 is 2.12 bits per heavy atom. The van der Waals surface area contributed by atoms with Gasteiger partial charge >= 0.3 is 0 Å². The predicted molar refractivity (Wildman–Crippen MR) is 137 cm³/mol. The van der Waals surface area contributed by atoms with Gasteiger partial charge in [-0.3, -0.25) is 4.79 Å². The number of ether oxygens (including phenoxy) is 3. The van der Waals surface area contributed by atoms with Crippen molar-refractivity contribution in [1.82, 2.24) is 0 Å². The van der Waals surface area contributed by atoms with Gasteiger partial charge in [0, 0.05) is 17.7 Å². The zero-order valence-corrected chi connectivity index (χ0v) is 21.5. The highest BCUT2D eigenvalue weighted by Crippen LogP contribution is 2.44. The summed E-state index contributed by atoms with van der Waals surface area (Å²) in [7, 11) is 0. The lowest BCUT2D eigenvalue weighted by atomic mass is 9.89. The van der Waals surface area contributed by atoms with E-state index in [2.05, 4.69) is 0 Å². The van der Waals surface area contributed by atoms with Crippen molar-refractivity contribution in [3.63, 3.8) is 0 Å². The third-order valence-electron chi connectivity index (χ3n) is 7.38. The van der Waals surface area contributed by atoms with Gasteiger partial charge in [-0.05, 0) is 31.2 Å². The molecule has 14 heteroatoms. The van der Waals surface area contributed by atoms with Gasteiger partial charge in [0.2, 0.25) is 0 Å². The first-order valence-electron chi connectivity index (χ1n) is 12.7. The van der Waals surface area contributed by atoms with Crippen LogP contribution >= 0.6 is 0 Å². The van der Waals surface area contributed by atoms with Crippen LogP contribution in [0.2, 0.25) is 0 Å². The molecule has 0 spiro atoms. The fourth-order valence-corrected chi connectivity index (χ4v) is 5.03. The minimum Gasteiger partial charge on any atom is -0.508 e. The number of fused-ring (bicyclic) bond motifs is 1. The van der Waals surface area contributed by atoms with E-state index in [-0.39, 0.29) is 28.0 Å². The van der Waals surface area contributed by atoms with E-state index in [0.717, 1.165) is 12.1 Å². The number of aromatic hydroxyl groups is 3. The second-order valence-corrected chi connectivity index (χ2v) is 10.1. The lowest BCUT2D eigenvalue weighted by molar-refractivity contribution is -0.308. The van der Waals surface area contributed by atoms with Gasteiger partial charge in [-0.25, -0.2) is 0 Å². The van der Waals surface area contributed by atoms with Crippen LogP contribution in [0.5, 0.6) is 17.2 Å². The summed E-state index contributed by atoms with van der Waals surface area (Å²) in [5.74, 6) is -1.35. The summed E-state index contributed by atoms with van der Waals surface area (Å²) >= 11 is 0. The standard InChI is InChI=1S/C27H30O14/c1-9-19(32)21(34)24(37)27(39-9)38-8-16-20(33)22(35)23(36)26(41-16)18-13(30)6-12(29)17-14(31)7-15(40-25(17)18)10-2-4-11(28)5-3-10/h2-7,9,16,19-24,26-30,32-37H,8H2,1H3/t9?,16-,19-,20+,21-,22?,23?,24?,26-,27+/m0/s1. The summed E-state index contributed by atoms with van der Waals surface area (Å²) < 4.78 is 22.6. The molecule has 3 aromatic rings. The van der Waals surface area contributed by atoms with E-state index in [1.54, 1.807) is 0 Å². The minimum absolute atomic E-state index is 0.0159. The Balaban J connectivity index is 1.51. The van der Waals surface area contributed by atoms with Crippen LogP contribution < -0.4 is 5.43 Å². The molecule has 2 saturated heterocycles. The van der Waals surface area contributed by atoms with Crippen LogP contribution in [0.3, 0.4) is 0 Å². The molecule has 2 aromatic carbocycles. The normalized spacial score (nSPS) is 34.1. The zero-order chi connectivity index (χ0) is 29.7. The quantitative estimate of drug-likeness (QED) is 0.175. The molecule has 0 bridgehead atoms. The van der Waals surface area contributed by atoms with Crippen LogP contribution in [-0.4, -0.2) is 108 Å². The van der Waals surface area contributed by atoms with Crippen molar-refractivity contribution in [2.24, 2.45) is 0 Å². The van der Waals surface area contributed by atoms with Crippen LogP contribution in [0, 0.1) is 0 Å². The second kappa shape index (κ2) is 11.2. The molecule has 10 atom stereocenters. The van der Waals surface area contributed by atoms with Crippen LogP contribution in [0.15, 0.2) is 45.6 Å². The van der Waals surface area contributed by atoms with E-state index in [1.165, 1.54) is 31.2 Å². The molecule has 41 heavy (non-hydrogen) atoms. The Morgan fingerprint density at radius 1 is 0.780 bits per heavy atom. The second-order valence-electron chi connectivity index (χ2n) is 10.1. The van der Waals surface area contributed by atoms with Crippen LogP contribution in [-0.2, 0) is 14.2 Å². The molecule has 0 aliphatic carbocycles. The highest BCUT2D eigenvalue weighted by molar-refractivity contribution is 5.89. The van der Waals surface area contributed by atoms with Crippen molar-refractivity contribution < 1.29 is 64.6 Å². The Labute approximate surface area is 231 Å². The molecule has 1 aromatic heterocycles. The van der Waals surface area contributed by atoms with Gasteiger partial charge in [0.1, 0.15) is 77.2 Å². The summed E-state index contributed by atoms with van der Waals surface area (Å²) in [5.41, 5.74) is -1.05. The number of hydrogen-bond acceptors (Lipinski definition) is 14. The average molecular weight is 579 g/mol. The Hall–Kier alpha value is -3.31. The van der Waals surface area contributed by atoms with E-state index in [9.17, 15) is 50.8 Å². The topological polar surface area (TPSA) is 240 Å². The molecule has 3 heterocycles. The third-order valence-corrected chi connectivity index (χ3v) is 7.38. The molecule has 5 rings (SSSR count). The monoisotopic (exact) mass is 578 g/mol. The largest absolute Gasteiger partial charge is 0.508 e. The van der Waals surface area contributed by atoms with Crippen molar-refractivity contribution in [2.75, 3.05) is 6.61 Å². The first-order valence-corrected chi connectivity index (χ1v) is 12.7. The fraction of sp³-hybridized carbons (Fsp3) is 0.444. The first kappa shape index (κ1) is 29.2. The summed E-state index contributed by atoms with van der Waals surface area (Å²) in [6, 6.07) is 7.55. The SMILES string of the molecule is CC1O[C@@H](OC[C@@H]2O[C@@H](c3c(O)cc(O)c4c(=O)cc(-c5ccc(O)cc5)oc34)C(O)C(O)[C@@H]2O)C(O)[C@@H](O)[C@H]1O. The van der Waals surface area contributed by atoms with Gasteiger partial charge in [0.25, 0.3) is 0 Å². The maximum Gasteiger partial charge on any atom is 0.197 e. The Kier molecular flexibility index (Phi) is 7.95. The third kappa shape index (κ3) is 5.25. The fourth-order valence-electron chi connectivity index (χ4n) is 5.03. The van der Waals surface area contributed by atoms with Crippen LogP contribution in [0.25, 0.3) is 22.3 Å². The van der Waals surface area contributed by atoms with E-state index in [4.69, 9.17) is 18.6 Å². The average Bonchev–Trinajstić information content (AvgIpc) is 2.93. The summed E-state index contributed by atoms with van der Waals surface area (Å²) in [4.78, 5) is 13.0. The molecule has 9 N–H and O–H groups in total. The highest BCUT2D eigenvalue weighted by Gasteiger charge is 2.48. The number of phenolic OH excluding ortho intramolecular Hbond substituents is 3. The number of hydrogen-bond donors (Lipinski definition) is 9. The molecule has 222 valence electrons. The molecular formula is C27H30O14. The van der Waals surface area contributed by atoms with E-state index < -0.39 is 84.8 Å². The van der Waals surface area contributed by atoms with E-state index in [1.807, 2.05) is 0 Å². The predicted octanol–water partition coefficient (Wildman–Crippen LogP) is -1.06. The molecule has 14 nitrogen and oxygen atoms in total. The van der Waals surface area contributed by atoms with Crippen molar-refractivity contribution in [3.8, 4) is 28.6 Å². The lowest BCUT2D eigenvalue weighted by Crippen LogP contribution is -2.59. The molecule has 0 radical (unpaired) electrons. The van der Waals surface area contributed by atoms with Gasteiger partial charge in [0.05, 0.1) is 18.3 Å².